The molecule has 6 heteroatoms. The van der Waals surface area contributed by atoms with E-state index in [4.69, 9.17) is 10.5 Å². The molecule has 18 heavy (non-hydrogen) atoms. The molecule has 0 aliphatic rings. The van der Waals surface area contributed by atoms with E-state index in [2.05, 4.69) is 5.10 Å². The maximum absolute atomic E-state index is 11.8. The van der Waals surface area contributed by atoms with E-state index in [-0.39, 0.29) is 22.9 Å². The second-order valence-corrected chi connectivity index (χ2v) is 3.62. The van der Waals surface area contributed by atoms with Crippen LogP contribution >= 0.6 is 0 Å². The Morgan fingerprint density at radius 3 is 2.83 bits per heavy atom. The van der Waals surface area contributed by atoms with Crippen molar-refractivity contribution in [2.75, 3.05) is 5.73 Å². The van der Waals surface area contributed by atoms with Crippen molar-refractivity contribution in [1.82, 2.24) is 9.78 Å². The highest BCUT2D eigenvalue weighted by Crippen LogP contribution is 2.26. The molecule has 0 spiro atoms. The lowest BCUT2D eigenvalue weighted by molar-refractivity contribution is 0.0731. The molecule has 0 aliphatic heterocycles. The van der Waals surface area contributed by atoms with Crippen molar-refractivity contribution in [3.05, 3.63) is 36.0 Å². The molecule has 0 saturated carbocycles. The summed E-state index contributed by atoms with van der Waals surface area (Å²) in [4.78, 5) is 11.8. The number of anilines is 1. The number of phenols is 1. The topological polar surface area (TPSA) is 90.4 Å². The lowest BCUT2D eigenvalue weighted by Crippen LogP contribution is -2.11. The van der Waals surface area contributed by atoms with E-state index in [1.54, 1.807) is 12.1 Å². The summed E-state index contributed by atoms with van der Waals surface area (Å²) >= 11 is 0. The molecule has 3 N–H and O–H groups in total. The normalized spacial score (nSPS) is 10.3. The van der Waals surface area contributed by atoms with Crippen LogP contribution < -0.4 is 10.5 Å². The van der Waals surface area contributed by atoms with Gasteiger partial charge >= 0.3 is 5.97 Å². The minimum absolute atomic E-state index is 0.0890. The number of hydrogen-bond acceptors (Lipinski definition) is 5. The van der Waals surface area contributed by atoms with Gasteiger partial charge in [-0.2, -0.15) is 5.10 Å². The first-order chi connectivity index (χ1) is 8.63. The lowest BCUT2D eigenvalue weighted by Gasteiger charge is -2.05. The molecule has 0 aliphatic carbocycles. The molecule has 6 nitrogen and oxygen atoms in total. The molecule has 0 fully saturated rings. The zero-order valence-corrected chi connectivity index (χ0v) is 9.83. The van der Waals surface area contributed by atoms with Gasteiger partial charge in [-0.15, -0.1) is 0 Å². The number of phenolic OH excluding ortho intramolecular Hbond substituents is 1. The molecule has 94 valence electrons. The van der Waals surface area contributed by atoms with Crippen molar-refractivity contribution in [3.63, 3.8) is 0 Å². The number of aryl methyl sites for hydroxylation is 1. The Bertz CT molecular complexity index is 578. The number of nitrogens with zero attached hydrogens (tertiary/aromatic N) is 2. The molecule has 1 aromatic carbocycles. The van der Waals surface area contributed by atoms with Gasteiger partial charge in [0.25, 0.3) is 0 Å². The summed E-state index contributed by atoms with van der Waals surface area (Å²) in [6, 6.07) is 6.21. The first-order valence-corrected chi connectivity index (χ1v) is 5.45. The summed E-state index contributed by atoms with van der Waals surface area (Å²) in [6.07, 6.45) is 1.35. The number of nitrogen functional groups attached to an aromatic ring is 1. The highest BCUT2D eigenvalue weighted by molar-refractivity contribution is 5.95. The van der Waals surface area contributed by atoms with Gasteiger partial charge in [0.15, 0.2) is 11.5 Å². The first kappa shape index (κ1) is 12.0. The van der Waals surface area contributed by atoms with E-state index in [1.165, 1.54) is 23.0 Å². The molecule has 2 rings (SSSR count). The Morgan fingerprint density at radius 1 is 1.50 bits per heavy atom. The van der Waals surface area contributed by atoms with Gasteiger partial charge in [0.1, 0.15) is 11.4 Å². The summed E-state index contributed by atoms with van der Waals surface area (Å²) < 4.78 is 6.54. The Hall–Kier alpha value is -2.50. The summed E-state index contributed by atoms with van der Waals surface area (Å²) in [5.74, 6) is -0.412. The molecule has 0 bridgehead atoms. The minimum Gasteiger partial charge on any atom is -0.504 e. The summed E-state index contributed by atoms with van der Waals surface area (Å²) in [5, 5.41) is 13.4. The van der Waals surface area contributed by atoms with Gasteiger partial charge < -0.3 is 15.6 Å². The Morgan fingerprint density at radius 2 is 2.22 bits per heavy atom. The number of ether oxygens (including phenoxy) is 1. The predicted molar refractivity (Wildman–Crippen MR) is 65.4 cm³/mol. The van der Waals surface area contributed by atoms with E-state index in [0.717, 1.165) is 0 Å². The minimum atomic E-state index is -0.645. The third kappa shape index (κ3) is 2.13. The number of aromatic hydroxyl groups is 1. The number of benzene rings is 1. The molecule has 0 atom stereocenters. The van der Waals surface area contributed by atoms with Crippen LogP contribution in [0, 0.1) is 0 Å². The Kier molecular flexibility index (Phi) is 3.18. The molecular weight excluding hydrogens is 234 g/mol. The molecule has 1 aromatic heterocycles. The second kappa shape index (κ2) is 4.79. The third-order valence-corrected chi connectivity index (χ3v) is 2.47. The number of carbonyl (C=O) groups is 1. The van der Waals surface area contributed by atoms with Crippen molar-refractivity contribution in [1.29, 1.82) is 0 Å². The monoisotopic (exact) mass is 247 g/mol. The molecule has 0 unspecified atom stereocenters. The zero-order valence-electron chi connectivity index (χ0n) is 9.83. The fourth-order valence-corrected chi connectivity index (χ4v) is 1.50. The summed E-state index contributed by atoms with van der Waals surface area (Å²) in [6.45, 7) is 2.43. The SMILES string of the molecule is CCn1ncc(C(=O)Oc2ccccc2O)c1N. The van der Waals surface area contributed by atoms with E-state index >= 15 is 0 Å². The van der Waals surface area contributed by atoms with Gasteiger partial charge in [-0.1, -0.05) is 12.1 Å². The molecule has 1 heterocycles. The van der Waals surface area contributed by atoms with Crippen molar-refractivity contribution < 1.29 is 14.6 Å². The second-order valence-electron chi connectivity index (χ2n) is 3.62. The highest BCUT2D eigenvalue weighted by atomic mass is 16.5. The summed E-state index contributed by atoms with van der Waals surface area (Å²) in [7, 11) is 0. The zero-order chi connectivity index (χ0) is 13.1. The number of hydrogen-bond donors (Lipinski definition) is 2. The van der Waals surface area contributed by atoms with Crippen LogP contribution in [0.4, 0.5) is 5.82 Å². The standard InChI is InChI=1S/C12H13N3O3/c1-2-15-11(13)8(7-14-15)12(17)18-10-6-4-3-5-9(10)16/h3-7,16H,2,13H2,1H3. The van der Waals surface area contributed by atoms with E-state index < -0.39 is 5.97 Å². The fraction of sp³-hybridized carbons (Fsp3) is 0.167. The quantitative estimate of drug-likeness (QED) is 0.632. The van der Waals surface area contributed by atoms with Crippen LogP contribution in [-0.2, 0) is 6.54 Å². The van der Waals surface area contributed by atoms with Crippen molar-refractivity contribution in [2.24, 2.45) is 0 Å². The van der Waals surface area contributed by atoms with Crippen LogP contribution in [0.2, 0.25) is 0 Å². The van der Waals surface area contributed by atoms with Gasteiger partial charge in [0.2, 0.25) is 0 Å². The number of rotatable bonds is 3. The van der Waals surface area contributed by atoms with Gasteiger partial charge in [-0.25, -0.2) is 9.48 Å². The number of nitrogens with two attached hydrogens (primary N) is 1. The van der Waals surface area contributed by atoms with Crippen LogP contribution in [0.5, 0.6) is 11.5 Å². The molecule has 2 aromatic rings. The third-order valence-electron chi connectivity index (χ3n) is 2.47. The number of para-hydroxylation sites is 2. The van der Waals surface area contributed by atoms with Gasteiger partial charge in [0, 0.05) is 6.54 Å². The smallest absolute Gasteiger partial charge is 0.349 e. The van der Waals surface area contributed by atoms with E-state index in [1.807, 2.05) is 6.92 Å². The van der Waals surface area contributed by atoms with Crippen LogP contribution in [0.25, 0.3) is 0 Å². The average molecular weight is 247 g/mol. The lowest BCUT2D eigenvalue weighted by atomic mass is 10.3. The molecule has 0 saturated heterocycles. The largest absolute Gasteiger partial charge is 0.504 e. The first-order valence-electron chi connectivity index (χ1n) is 5.45. The van der Waals surface area contributed by atoms with Crippen LogP contribution in [-0.4, -0.2) is 20.9 Å². The van der Waals surface area contributed by atoms with Gasteiger partial charge in [-0.05, 0) is 19.1 Å². The number of carbonyl (C=O) groups excluding carboxylic acids is 1. The summed E-state index contributed by atoms with van der Waals surface area (Å²) in [5.41, 5.74) is 5.92. The highest BCUT2D eigenvalue weighted by Gasteiger charge is 2.17. The Balaban J connectivity index is 2.22. The van der Waals surface area contributed by atoms with Gasteiger partial charge in [-0.3, -0.25) is 0 Å². The Labute approximate surface area is 104 Å². The number of esters is 1. The number of aromatic nitrogens is 2. The maximum Gasteiger partial charge on any atom is 0.349 e. The van der Waals surface area contributed by atoms with Crippen molar-refractivity contribution in [2.45, 2.75) is 13.5 Å². The average Bonchev–Trinajstić information content (AvgIpc) is 2.73. The maximum atomic E-state index is 11.8. The van der Waals surface area contributed by atoms with Crippen LogP contribution in [0.3, 0.4) is 0 Å². The fourth-order valence-electron chi connectivity index (χ4n) is 1.50. The van der Waals surface area contributed by atoms with Crippen LogP contribution in [0.15, 0.2) is 30.5 Å². The van der Waals surface area contributed by atoms with E-state index in [9.17, 15) is 9.90 Å². The van der Waals surface area contributed by atoms with Gasteiger partial charge in [0.05, 0.1) is 6.20 Å². The molecular formula is C12H13N3O3. The predicted octanol–water partition coefficient (Wildman–Crippen LogP) is 1.41. The van der Waals surface area contributed by atoms with Crippen molar-refractivity contribution >= 4 is 11.8 Å². The van der Waals surface area contributed by atoms with Crippen LogP contribution in [0.1, 0.15) is 17.3 Å². The van der Waals surface area contributed by atoms with Crippen molar-refractivity contribution in [3.8, 4) is 11.5 Å². The molecule has 0 amide bonds. The molecule has 0 radical (unpaired) electrons. The van der Waals surface area contributed by atoms with E-state index in [0.29, 0.717) is 6.54 Å².